The van der Waals surface area contributed by atoms with Gasteiger partial charge >= 0.3 is 5.97 Å². The summed E-state index contributed by atoms with van der Waals surface area (Å²) in [6.45, 7) is 0.212. The van der Waals surface area contributed by atoms with Crippen molar-refractivity contribution in [1.29, 1.82) is 0 Å². The molecule has 20 heavy (non-hydrogen) atoms. The first kappa shape index (κ1) is 14.1. The van der Waals surface area contributed by atoms with E-state index < -0.39 is 5.97 Å². The molecule has 0 fully saturated rings. The van der Waals surface area contributed by atoms with Crippen LogP contribution in [0.3, 0.4) is 0 Å². The first-order valence-electron chi connectivity index (χ1n) is 5.61. The van der Waals surface area contributed by atoms with E-state index in [2.05, 4.69) is 14.1 Å². The molecule has 0 saturated carbocycles. The van der Waals surface area contributed by atoms with Crippen molar-refractivity contribution in [3.8, 4) is 11.8 Å². The summed E-state index contributed by atoms with van der Waals surface area (Å²) >= 11 is 0.982. The molecule has 106 valence electrons. The largest absolute Gasteiger partial charge is 0.481 e. The molecule has 2 heterocycles. The van der Waals surface area contributed by atoms with E-state index in [1.165, 1.54) is 7.11 Å². The fourth-order valence-electron chi connectivity index (χ4n) is 1.44. The van der Waals surface area contributed by atoms with Crippen LogP contribution in [0, 0.1) is 0 Å². The molecule has 0 aromatic carbocycles. The normalized spacial score (nSPS) is 10.1. The standard InChI is InChI=1S/C12H13N3O4S/c1-17-8-4-3-7(5-14-8)6-19-11-9(12(16)18-2)10(13)20-15-11/h3-5H,6,13H2,1-2H3. The summed E-state index contributed by atoms with van der Waals surface area (Å²) < 4.78 is 19.1. The summed E-state index contributed by atoms with van der Waals surface area (Å²) in [7, 11) is 2.82. The molecule has 0 aliphatic heterocycles. The van der Waals surface area contributed by atoms with Crippen LogP contribution in [0.4, 0.5) is 5.00 Å². The number of carbonyl (C=O) groups is 1. The molecule has 0 aliphatic carbocycles. The van der Waals surface area contributed by atoms with E-state index >= 15 is 0 Å². The molecule has 0 aliphatic rings. The van der Waals surface area contributed by atoms with Gasteiger partial charge in [0.25, 0.3) is 0 Å². The third-order valence-electron chi connectivity index (χ3n) is 2.46. The number of nitrogen functional groups attached to an aromatic ring is 1. The minimum Gasteiger partial charge on any atom is -0.481 e. The molecule has 7 nitrogen and oxygen atoms in total. The van der Waals surface area contributed by atoms with Crippen LogP contribution in [0.5, 0.6) is 11.8 Å². The van der Waals surface area contributed by atoms with Gasteiger partial charge in [-0.05, 0) is 17.6 Å². The third-order valence-corrected chi connectivity index (χ3v) is 3.12. The summed E-state index contributed by atoms with van der Waals surface area (Å²) in [6, 6.07) is 3.52. The topological polar surface area (TPSA) is 96.6 Å². The van der Waals surface area contributed by atoms with Gasteiger partial charge in [-0.3, -0.25) is 0 Å². The van der Waals surface area contributed by atoms with Crippen molar-refractivity contribution in [3.63, 3.8) is 0 Å². The van der Waals surface area contributed by atoms with Gasteiger partial charge in [-0.2, -0.15) is 4.37 Å². The van der Waals surface area contributed by atoms with Crippen LogP contribution in [-0.4, -0.2) is 29.5 Å². The van der Waals surface area contributed by atoms with Crippen molar-refractivity contribution >= 4 is 22.5 Å². The SMILES string of the molecule is COC(=O)c1c(OCc2ccc(OC)nc2)nsc1N. The van der Waals surface area contributed by atoms with E-state index in [4.69, 9.17) is 15.2 Å². The van der Waals surface area contributed by atoms with Gasteiger partial charge in [-0.25, -0.2) is 9.78 Å². The Hall–Kier alpha value is -2.35. The monoisotopic (exact) mass is 295 g/mol. The number of ether oxygens (including phenoxy) is 3. The number of methoxy groups -OCH3 is 2. The van der Waals surface area contributed by atoms with Crippen molar-refractivity contribution in [1.82, 2.24) is 9.36 Å². The van der Waals surface area contributed by atoms with E-state index in [1.807, 2.05) is 0 Å². The Kier molecular flexibility index (Phi) is 4.36. The van der Waals surface area contributed by atoms with Crippen LogP contribution in [0.1, 0.15) is 15.9 Å². The van der Waals surface area contributed by atoms with Gasteiger partial charge in [0.15, 0.2) is 5.56 Å². The molecule has 2 N–H and O–H groups in total. The van der Waals surface area contributed by atoms with Crippen LogP contribution >= 0.6 is 11.5 Å². The Balaban J connectivity index is 2.08. The van der Waals surface area contributed by atoms with Gasteiger partial charge in [-0.15, -0.1) is 0 Å². The van der Waals surface area contributed by atoms with E-state index in [1.54, 1.807) is 25.4 Å². The predicted octanol–water partition coefficient (Wildman–Crippen LogP) is 1.49. The zero-order valence-electron chi connectivity index (χ0n) is 11.0. The molecular weight excluding hydrogens is 282 g/mol. The number of rotatable bonds is 5. The molecule has 0 radical (unpaired) electrons. The van der Waals surface area contributed by atoms with Gasteiger partial charge in [0.05, 0.1) is 14.2 Å². The Bertz CT molecular complexity index is 597. The highest BCUT2D eigenvalue weighted by Crippen LogP contribution is 2.29. The molecule has 0 spiro atoms. The van der Waals surface area contributed by atoms with Crippen molar-refractivity contribution in [2.45, 2.75) is 6.61 Å². The van der Waals surface area contributed by atoms with Gasteiger partial charge in [0, 0.05) is 17.8 Å². The second kappa shape index (κ2) is 6.20. The third kappa shape index (κ3) is 2.97. The van der Waals surface area contributed by atoms with Crippen LogP contribution in [0.15, 0.2) is 18.3 Å². The van der Waals surface area contributed by atoms with Crippen LogP contribution in [0.2, 0.25) is 0 Å². The van der Waals surface area contributed by atoms with Gasteiger partial charge in [0.1, 0.15) is 11.6 Å². The van der Waals surface area contributed by atoms with Crippen molar-refractivity contribution in [2.75, 3.05) is 20.0 Å². The zero-order valence-corrected chi connectivity index (χ0v) is 11.8. The van der Waals surface area contributed by atoms with E-state index in [0.29, 0.717) is 5.88 Å². The second-order valence-electron chi connectivity index (χ2n) is 3.72. The highest BCUT2D eigenvalue weighted by Gasteiger charge is 2.21. The fourth-order valence-corrected chi connectivity index (χ4v) is 2.03. The lowest BCUT2D eigenvalue weighted by Crippen LogP contribution is -2.06. The molecule has 0 amide bonds. The van der Waals surface area contributed by atoms with Crippen LogP contribution in [0.25, 0.3) is 0 Å². The Morgan fingerprint density at radius 1 is 1.40 bits per heavy atom. The van der Waals surface area contributed by atoms with Crippen LogP contribution < -0.4 is 15.2 Å². The number of pyridine rings is 1. The molecule has 0 saturated heterocycles. The fraction of sp³-hybridized carbons (Fsp3) is 0.250. The summed E-state index contributed by atoms with van der Waals surface area (Å²) in [5.41, 5.74) is 6.64. The maximum absolute atomic E-state index is 11.6. The number of nitrogens with zero attached hydrogens (tertiary/aromatic N) is 2. The number of hydrogen-bond donors (Lipinski definition) is 1. The van der Waals surface area contributed by atoms with Gasteiger partial charge in [0.2, 0.25) is 11.8 Å². The lowest BCUT2D eigenvalue weighted by atomic mass is 10.3. The lowest BCUT2D eigenvalue weighted by molar-refractivity contribution is 0.0597. The average Bonchev–Trinajstić information content (AvgIpc) is 2.86. The molecular formula is C12H13N3O4S. The van der Waals surface area contributed by atoms with E-state index in [-0.39, 0.29) is 23.1 Å². The number of esters is 1. The van der Waals surface area contributed by atoms with E-state index in [0.717, 1.165) is 17.1 Å². The highest BCUT2D eigenvalue weighted by atomic mass is 32.1. The maximum atomic E-state index is 11.6. The smallest absolute Gasteiger partial charge is 0.346 e. The number of hydrogen-bond acceptors (Lipinski definition) is 8. The molecule has 2 aromatic rings. The first-order chi connectivity index (χ1) is 9.65. The second-order valence-corrected chi connectivity index (χ2v) is 4.52. The highest BCUT2D eigenvalue weighted by molar-refractivity contribution is 7.10. The maximum Gasteiger partial charge on any atom is 0.346 e. The Morgan fingerprint density at radius 2 is 2.20 bits per heavy atom. The van der Waals surface area contributed by atoms with Crippen LogP contribution in [-0.2, 0) is 11.3 Å². The Labute approximate surface area is 119 Å². The summed E-state index contributed by atoms with van der Waals surface area (Å²) in [4.78, 5) is 15.6. The minimum absolute atomic E-state index is 0.152. The first-order valence-corrected chi connectivity index (χ1v) is 6.38. The predicted molar refractivity (Wildman–Crippen MR) is 73.0 cm³/mol. The quantitative estimate of drug-likeness (QED) is 0.835. The molecule has 8 heteroatoms. The van der Waals surface area contributed by atoms with Crippen molar-refractivity contribution in [3.05, 3.63) is 29.5 Å². The molecule has 2 aromatic heterocycles. The summed E-state index contributed by atoms with van der Waals surface area (Å²) in [6.07, 6.45) is 1.62. The van der Waals surface area contributed by atoms with Crippen molar-refractivity contribution < 1.29 is 19.0 Å². The summed E-state index contributed by atoms with van der Waals surface area (Å²) in [5, 5.41) is 0.264. The zero-order chi connectivity index (χ0) is 14.5. The molecule has 0 atom stereocenters. The van der Waals surface area contributed by atoms with Gasteiger partial charge in [-0.1, -0.05) is 0 Å². The van der Waals surface area contributed by atoms with Gasteiger partial charge < -0.3 is 19.9 Å². The summed E-state index contributed by atoms with van der Waals surface area (Å²) in [5.74, 6) is 0.108. The average molecular weight is 295 g/mol. The lowest BCUT2D eigenvalue weighted by Gasteiger charge is -2.06. The minimum atomic E-state index is -0.570. The van der Waals surface area contributed by atoms with Crippen molar-refractivity contribution in [2.24, 2.45) is 0 Å². The molecule has 0 bridgehead atoms. The number of anilines is 1. The number of aromatic nitrogens is 2. The van der Waals surface area contributed by atoms with E-state index in [9.17, 15) is 4.79 Å². The molecule has 0 unspecified atom stereocenters. The number of carbonyl (C=O) groups excluding carboxylic acids is 1. The number of nitrogens with two attached hydrogens (primary N) is 1. The Morgan fingerprint density at radius 3 is 2.80 bits per heavy atom. The molecule has 2 rings (SSSR count).